The van der Waals surface area contributed by atoms with Gasteiger partial charge in [0.15, 0.2) is 28.7 Å². The third-order valence-electron chi connectivity index (χ3n) is 8.26. The largest absolute Gasteiger partial charge is 0.455 e. The van der Waals surface area contributed by atoms with Crippen molar-refractivity contribution in [1.29, 1.82) is 0 Å². The van der Waals surface area contributed by atoms with E-state index in [2.05, 4.69) is 94.7 Å². The van der Waals surface area contributed by atoms with Gasteiger partial charge in [0.2, 0.25) is 0 Å². The molecule has 200 valence electrons. The van der Waals surface area contributed by atoms with Crippen molar-refractivity contribution in [3.63, 3.8) is 0 Å². The third-order valence-corrected chi connectivity index (χ3v) is 8.26. The van der Waals surface area contributed by atoms with E-state index < -0.39 is 5.66 Å². The van der Waals surface area contributed by atoms with Crippen LogP contribution in [0.4, 0.5) is 22.7 Å². The molecule has 0 saturated carbocycles. The van der Waals surface area contributed by atoms with Gasteiger partial charge in [0.25, 0.3) is 0 Å². The molecule has 3 heterocycles. The average Bonchev–Trinajstić information content (AvgIpc) is 3.24. The highest BCUT2D eigenvalue weighted by Gasteiger charge is 2.56. The molecule has 5 heteroatoms. The highest BCUT2D eigenvalue weighted by molar-refractivity contribution is 5.90. The summed E-state index contributed by atoms with van der Waals surface area (Å²) in [4.78, 5) is 4.73. The van der Waals surface area contributed by atoms with Crippen LogP contribution in [-0.4, -0.2) is 0 Å². The van der Waals surface area contributed by atoms with Crippen molar-refractivity contribution in [2.45, 2.75) is 5.66 Å². The van der Waals surface area contributed by atoms with Crippen LogP contribution >= 0.6 is 0 Å². The summed E-state index contributed by atoms with van der Waals surface area (Å²) in [7, 11) is 0. The van der Waals surface area contributed by atoms with Crippen LogP contribution in [0.5, 0.6) is 34.5 Å². The molecule has 0 aromatic heterocycles. The molecular formula is C37H24N2O3. The van der Waals surface area contributed by atoms with Crippen LogP contribution in [0.25, 0.3) is 0 Å². The first-order valence-corrected chi connectivity index (χ1v) is 14.0. The number of hydrogen-bond acceptors (Lipinski definition) is 5. The van der Waals surface area contributed by atoms with E-state index in [0.29, 0.717) is 0 Å². The lowest BCUT2D eigenvalue weighted by molar-refractivity contribution is 0.440. The van der Waals surface area contributed by atoms with Gasteiger partial charge in [-0.05, 0) is 60.7 Å². The maximum atomic E-state index is 6.82. The smallest absolute Gasteiger partial charge is 0.182 e. The molecule has 5 nitrogen and oxygen atoms in total. The number of benzene rings is 6. The van der Waals surface area contributed by atoms with Gasteiger partial charge in [-0.1, -0.05) is 84.9 Å². The minimum absolute atomic E-state index is 0.745. The average molecular weight is 545 g/mol. The van der Waals surface area contributed by atoms with Crippen molar-refractivity contribution in [2.24, 2.45) is 0 Å². The quantitative estimate of drug-likeness (QED) is 0.190. The zero-order chi connectivity index (χ0) is 27.7. The number of anilines is 4. The van der Waals surface area contributed by atoms with Gasteiger partial charge in [0.1, 0.15) is 11.5 Å². The third kappa shape index (κ3) is 3.02. The summed E-state index contributed by atoms with van der Waals surface area (Å²) in [5, 5.41) is 0. The fraction of sp³-hybridized carbons (Fsp3) is 0.0270. The highest BCUT2D eigenvalue weighted by Crippen LogP contribution is 2.64. The Hall–Kier alpha value is -5.68. The lowest BCUT2D eigenvalue weighted by Gasteiger charge is -2.53. The topological polar surface area (TPSA) is 34.2 Å². The zero-order valence-electron chi connectivity index (χ0n) is 22.5. The van der Waals surface area contributed by atoms with Crippen LogP contribution in [0.15, 0.2) is 146 Å². The van der Waals surface area contributed by atoms with Gasteiger partial charge in [-0.15, -0.1) is 0 Å². The molecule has 0 atom stereocenters. The van der Waals surface area contributed by atoms with E-state index in [9.17, 15) is 0 Å². The summed E-state index contributed by atoms with van der Waals surface area (Å²) < 4.78 is 20.4. The summed E-state index contributed by atoms with van der Waals surface area (Å²) in [6, 6.07) is 49.5. The van der Waals surface area contributed by atoms with Crippen molar-refractivity contribution in [3.8, 4) is 34.5 Å². The van der Waals surface area contributed by atoms with Crippen molar-refractivity contribution in [3.05, 3.63) is 157 Å². The van der Waals surface area contributed by atoms with Crippen LogP contribution < -0.4 is 24.0 Å². The lowest BCUT2D eigenvalue weighted by Crippen LogP contribution is -2.56. The predicted octanol–water partition coefficient (Wildman–Crippen LogP) is 9.88. The number of nitrogens with zero attached hydrogens (tertiary/aromatic N) is 2. The molecule has 0 unspecified atom stereocenters. The molecule has 0 aliphatic carbocycles. The van der Waals surface area contributed by atoms with Crippen molar-refractivity contribution in [2.75, 3.05) is 9.80 Å². The SMILES string of the molecule is c1ccc2c(c1)Oc1ccccc1N1c3ccccc3Oc3ccccc3C13c1ccccc1Oc1ccccc1N23. The van der Waals surface area contributed by atoms with Crippen molar-refractivity contribution in [1.82, 2.24) is 0 Å². The normalized spacial score (nSPS) is 14.9. The molecule has 0 saturated heterocycles. The van der Waals surface area contributed by atoms with Gasteiger partial charge < -0.3 is 24.0 Å². The lowest BCUT2D eigenvalue weighted by atomic mass is 9.84. The van der Waals surface area contributed by atoms with E-state index in [1.807, 2.05) is 60.7 Å². The van der Waals surface area contributed by atoms with Gasteiger partial charge in [0.05, 0.1) is 22.7 Å². The van der Waals surface area contributed by atoms with Gasteiger partial charge in [-0.25, -0.2) is 0 Å². The number of rotatable bonds is 0. The summed E-state index contributed by atoms with van der Waals surface area (Å²) in [6.07, 6.45) is 0. The second-order valence-electron chi connectivity index (χ2n) is 10.5. The van der Waals surface area contributed by atoms with Crippen LogP contribution in [-0.2, 0) is 5.66 Å². The summed E-state index contributed by atoms with van der Waals surface area (Å²) in [6.45, 7) is 0. The molecular weight excluding hydrogens is 520 g/mol. The van der Waals surface area contributed by atoms with Gasteiger partial charge >= 0.3 is 0 Å². The van der Waals surface area contributed by atoms with Gasteiger partial charge in [-0.3, -0.25) is 0 Å². The molecule has 3 aliphatic heterocycles. The molecule has 3 aliphatic rings. The highest BCUT2D eigenvalue weighted by atomic mass is 16.5. The molecule has 42 heavy (non-hydrogen) atoms. The Kier molecular flexibility index (Phi) is 4.75. The molecule has 0 fully saturated rings. The molecule has 6 aromatic carbocycles. The minimum Gasteiger partial charge on any atom is -0.455 e. The van der Waals surface area contributed by atoms with Crippen LogP contribution in [0, 0.1) is 0 Å². The standard InChI is InChI=1S/C37H24N2O3/c1-7-19-31-25(13-1)37-26-14-2-8-20-32(26)41-34-22-10-4-16-28(34)39(37)30-18-6-12-24-36(30)42-35-23-11-5-17-29(35)38(37)27-15-3-9-21-33(27)40-31/h1-24H. The Morgan fingerprint density at radius 3 is 0.929 bits per heavy atom. The number of fused-ring (bicyclic) bond motifs is 10. The van der Waals surface area contributed by atoms with Gasteiger partial charge in [0, 0.05) is 11.1 Å². The Balaban J connectivity index is 1.58. The molecule has 0 bridgehead atoms. The maximum absolute atomic E-state index is 6.82. The molecule has 0 amide bonds. The second kappa shape index (κ2) is 8.66. The predicted molar refractivity (Wildman–Crippen MR) is 164 cm³/mol. The van der Waals surface area contributed by atoms with Crippen LogP contribution in [0.1, 0.15) is 11.1 Å². The Morgan fingerprint density at radius 2 is 0.571 bits per heavy atom. The van der Waals surface area contributed by atoms with Crippen LogP contribution in [0.2, 0.25) is 0 Å². The number of hydrogen-bond donors (Lipinski definition) is 0. The minimum atomic E-state index is -1.01. The summed E-state index contributed by atoms with van der Waals surface area (Å²) in [5.74, 6) is 4.53. The first kappa shape index (κ1) is 23.1. The van der Waals surface area contributed by atoms with E-state index in [0.717, 1.165) is 68.4 Å². The Labute approximate surface area is 243 Å². The second-order valence-corrected chi connectivity index (χ2v) is 10.5. The molecule has 0 N–H and O–H groups in total. The first-order valence-electron chi connectivity index (χ1n) is 14.0. The first-order chi connectivity index (χ1) is 20.8. The van der Waals surface area contributed by atoms with Crippen molar-refractivity contribution >= 4 is 22.7 Å². The van der Waals surface area contributed by atoms with E-state index >= 15 is 0 Å². The van der Waals surface area contributed by atoms with E-state index in [-0.39, 0.29) is 0 Å². The molecule has 0 radical (unpaired) electrons. The Bertz CT molecular complexity index is 1870. The summed E-state index contributed by atoms with van der Waals surface area (Å²) >= 11 is 0. The fourth-order valence-corrected chi connectivity index (χ4v) is 6.64. The molecule has 6 aromatic rings. The number of para-hydroxylation sites is 10. The van der Waals surface area contributed by atoms with E-state index in [1.165, 1.54) is 0 Å². The van der Waals surface area contributed by atoms with Crippen LogP contribution in [0.3, 0.4) is 0 Å². The maximum Gasteiger partial charge on any atom is 0.182 e. The summed E-state index contributed by atoms with van der Waals surface area (Å²) in [5.41, 5.74) is 4.55. The van der Waals surface area contributed by atoms with E-state index in [1.54, 1.807) is 0 Å². The molecule has 9 rings (SSSR count). The monoisotopic (exact) mass is 544 g/mol. The Morgan fingerprint density at radius 1 is 0.310 bits per heavy atom. The van der Waals surface area contributed by atoms with Crippen molar-refractivity contribution < 1.29 is 14.2 Å². The van der Waals surface area contributed by atoms with Gasteiger partial charge in [-0.2, -0.15) is 0 Å². The molecule has 1 spiro atoms. The number of ether oxygens (including phenoxy) is 3. The zero-order valence-corrected chi connectivity index (χ0v) is 22.5. The van der Waals surface area contributed by atoms with E-state index in [4.69, 9.17) is 14.2 Å². The fourth-order valence-electron chi connectivity index (χ4n) is 6.64.